The highest BCUT2D eigenvalue weighted by Crippen LogP contribution is 2.08. The molecule has 11 heavy (non-hydrogen) atoms. The topological polar surface area (TPSA) is 21.3 Å². The lowest BCUT2D eigenvalue weighted by molar-refractivity contribution is 0.00939. The van der Waals surface area contributed by atoms with Gasteiger partial charge in [-0.15, -0.1) is 6.58 Å². The van der Waals surface area contributed by atoms with Crippen molar-refractivity contribution in [1.82, 2.24) is 5.32 Å². The van der Waals surface area contributed by atoms with Crippen molar-refractivity contribution in [3.8, 4) is 0 Å². The molecule has 1 heterocycles. The summed E-state index contributed by atoms with van der Waals surface area (Å²) in [7, 11) is 0. The predicted octanol–water partition coefficient (Wildman–Crippen LogP) is 1.33. The summed E-state index contributed by atoms with van der Waals surface area (Å²) in [5, 5.41) is 3.30. The van der Waals surface area contributed by atoms with Gasteiger partial charge in [0, 0.05) is 6.54 Å². The van der Waals surface area contributed by atoms with Crippen LogP contribution in [0.3, 0.4) is 0 Å². The van der Waals surface area contributed by atoms with E-state index in [0.29, 0.717) is 6.10 Å². The molecule has 2 nitrogen and oxygen atoms in total. The van der Waals surface area contributed by atoms with Crippen molar-refractivity contribution in [1.29, 1.82) is 0 Å². The maximum atomic E-state index is 5.66. The Morgan fingerprint density at radius 2 is 2.55 bits per heavy atom. The van der Waals surface area contributed by atoms with E-state index < -0.39 is 0 Å². The smallest absolute Gasteiger partial charge is 0.0729 e. The van der Waals surface area contributed by atoms with Crippen molar-refractivity contribution in [2.75, 3.05) is 13.1 Å². The fourth-order valence-electron chi connectivity index (χ4n) is 1.30. The van der Waals surface area contributed by atoms with Crippen LogP contribution in [0.2, 0.25) is 0 Å². The molecule has 2 heteroatoms. The van der Waals surface area contributed by atoms with E-state index in [4.69, 9.17) is 4.74 Å². The number of rotatable bonds is 3. The van der Waals surface area contributed by atoms with Crippen LogP contribution in [0, 0.1) is 0 Å². The minimum absolute atomic E-state index is 0.194. The van der Waals surface area contributed by atoms with Gasteiger partial charge in [0.1, 0.15) is 0 Å². The van der Waals surface area contributed by atoms with Crippen LogP contribution in [0.25, 0.3) is 0 Å². The van der Waals surface area contributed by atoms with E-state index >= 15 is 0 Å². The number of hydrogen-bond donors (Lipinski definition) is 1. The highest BCUT2D eigenvalue weighted by Gasteiger charge is 2.14. The third kappa shape index (κ3) is 3.04. The second-order valence-electron chi connectivity index (χ2n) is 3.05. The van der Waals surface area contributed by atoms with E-state index in [1.165, 1.54) is 12.8 Å². The van der Waals surface area contributed by atoms with Gasteiger partial charge in [0.05, 0.1) is 12.2 Å². The molecule has 0 bridgehead atoms. The van der Waals surface area contributed by atoms with Gasteiger partial charge >= 0.3 is 0 Å². The standard InChI is InChI=1S/C9H17NO/c1-3-8(2)11-9-5-4-6-10-7-9/h3,8-10H,1,4-7H2,2H3/t8?,9-/m0/s1. The quantitative estimate of drug-likeness (QED) is 0.621. The van der Waals surface area contributed by atoms with E-state index in [1.54, 1.807) is 0 Å². The van der Waals surface area contributed by atoms with Crippen LogP contribution in [0.5, 0.6) is 0 Å². The second-order valence-corrected chi connectivity index (χ2v) is 3.05. The van der Waals surface area contributed by atoms with Gasteiger partial charge in [-0.05, 0) is 26.3 Å². The Morgan fingerprint density at radius 1 is 1.73 bits per heavy atom. The first kappa shape index (κ1) is 8.75. The lowest BCUT2D eigenvalue weighted by atomic mass is 10.1. The molecule has 1 fully saturated rings. The van der Waals surface area contributed by atoms with E-state index in [2.05, 4.69) is 11.9 Å². The summed E-state index contributed by atoms with van der Waals surface area (Å²) in [4.78, 5) is 0. The van der Waals surface area contributed by atoms with Gasteiger partial charge in [-0.3, -0.25) is 0 Å². The average molecular weight is 155 g/mol. The van der Waals surface area contributed by atoms with Crippen LogP contribution in [0.15, 0.2) is 12.7 Å². The predicted molar refractivity (Wildman–Crippen MR) is 46.6 cm³/mol. The highest BCUT2D eigenvalue weighted by molar-refractivity contribution is 4.78. The second kappa shape index (κ2) is 4.52. The molecule has 0 aromatic carbocycles. The van der Waals surface area contributed by atoms with Gasteiger partial charge in [0.25, 0.3) is 0 Å². The summed E-state index contributed by atoms with van der Waals surface area (Å²) in [5.74, 6) is 0. The van der Waals surface area contributed by atoms with E-state index in [-0.39, 0.29) is 6.10 Å². The maximum absolute atomic E-state index is 5.66. The molecule has 0 aromatic heterocycles. The fraction of sp³-hybridized carbons (Fsp3) is 0.778. The summed E-state index contributed by atoms with van der Waals surface area (Å²) in [6, 6.07) is 0. The molecule has 0 amide bonds. The molecule has 1 N–H and O–H groups in total. The summed E-state index contributed by atoms with van der Waals surface area (Å²) >= 11 is 0. The largest absolute Gasteiger partial charge is 0.370 e. The first-order valence-electron chi connectivity index (χ1n) is 4.31. The number of hydrogen-bond acceptors (Lipinski definition) is 2. The van der Waals surface area contributed by atoms with Crippen LogP contribution in [-0.4, -0.2) is 25.3 Å². The minimum Gasteiger partial charge on any atom is -0.370 e. The average Bonchev–Trinajstić information content (AvgIpc) is 2.06. The van der Waals surface area contributed by atoms with Crippen LogP contribution >= 0.6 is 0 Å². The van der Waals surface area contributed by atoms with E-state index in [9.17, 15) is 0 Å². The van der Waals surface area contributed by atoms with Crippen LogP contribution in [0.1, 0.15) is 19.8 Å². The molecule has 0 radical (unpaired) electrons. The lowest BCUT2D eigenvalue weighted by Crippen LogP contribution is -2.36. The maximum Gasteiger partial charge on any atom is 0.0729 e. The Bertz CT molecular complexity index is 119. The SMILES string of the molecule is C=CC(C)O[C@H]1CCCNC1. The fourth-order valence-corrected chi connectivity index (χ4v) is 1.30. The van der Waals surface area contributed by atoms with Crippen molar-refractivity contribution >= 4 is 0 Å². The van der Waals surface area contributed by atoms with Gasteiger partial charge in [-0.2, -0.15) is 0 Å². The normalized spacial score (nSPS) is 27.9. The van der Waals surface area contributed by atoms with Crippen LogP contribution in [0.4, 0.5) is 0 Å². The van der Waals surface area contributed by atoms with Gasteiger partial charge in [0.15, 0.2) is 0 Å². The minimum atomic E-state index is 0.194. The van der Waals surface area contributed by atoms with E-state index in [0.717, 1.165) is 13.1 Å². The molecule has 1 saturated heterocycles. The van der Waals surface area contributed by atoms with Crippen LogP contribution in [-0.2, 0) is 4.74 Å². The van der Waals surface area contributed by atoms with Gasteiger partial charge < -0.3 is 10.1 Å². The summed E-state index contributed by atoms with van der Waals surface area (Å²) in [6.45, 7) is 7.85. The molecule has 64 valence electrons. The molecule has 0 saturated carbocycles. The first-order chi connectivity index (χ1) is 5.33. The summed E-state index contributed by atoms with van der Waals surface area (Å²) in [6.07, 6.45) is 4.85. The molecule has 1 aliphatic rings. The number of ether oxygens (including phenoxy) is 1. The zero-order chi connectivity index (χ0) is 8.10. The molecule has 0 aromatic rings. The molecular formula is C9H17NO. The molecule has 1 unspecified atom stereocenters. The number of nitrogens with one attached hydrogen (secondary N) is 1. The first-order valence-corrected chi connectivity index (χ1v) is 4.31. The van der Waals surface area contributed by atoms with E-state index in [1.807, 2.05) is 13.0 Å². The Labute approximate surface area is 68.6 Å². The highest BCUT2D eigenvalue weighted by atomic mass is 16.5. The van der Waals surface area contributed by atoms with Crippen molar-refractivity contribution < 1.29 is 4.74 Å². The van der Waals surface area contributed by atoms with Crippen molar-refractivity contribution in [3.05, 3.63) is 12.7 Å². The zero-order valence-electron chi connectivity index (χ0n) is 7.18. The molecule has 0 spiro atoms. The van der Waals surface area contributed by atoms with Gasteiger partial charge in [-0.1, -0.05) is 6.08 Å². The molecule has 2 atom stereocenters. The van der Waals surface area contributed by atoms with Gasteiger partial charge in [-0.25, -0.2) is 0 Å². The zero-order valence-corrected chi connectivity index (χ0v) is 7.18. The number of piperidine rings is 1. The van der Waals surface area contributed by atoms with Gasteiger partial charge in [0.2, 0.25) is 0 Å². The Kier molecular flexibility index (Phi) is 3.60. The van der Waals surface area contributed by atoms with Crippen molar-refractivity contribution in [2.24, 2.45) is 0 Å². The Hall–Kier alpha value is -0.340. The molecule has 1 rings (SSSR count). The molecule has 1 aliphatic heterocycles. The summed E-state index contributed by atoms with van der Waals surface area (Å²) in [5.41, 5.74) is 0. The van der Waals surface area contributed by atoms with Crippen molar-refractivity contribution in [3.63, 3.8) is 0 Å². The third-order valence-electron chi connectivity index (χ3n) is 1.99. The Morgan fingerprint density at radius 3 is 3.09 bits per heavy atom. The van der Waals surface area contributed by atoms with Crippen molar-refractivity contribution in [2.45, 2.75) is 32.0 Å². The monoisotopic (exact) mass is 155 g/mol. The molecular weight excluding hydrogens is 138 g/mol. The summed E-state index contributed by atoms with van der Waals surface area (Å²) < 4.78 is 5.66. The van der Waals surface area contributed by atoms with Crippen LogP contribution < -0.4 is 5.32 Å². The Balaban J connectivity index is 2.18. The molecule has 0 aliphatic carbocycles. The lowest BCUT2D eigenvalue weighted by Gasteiger charge is -2.25. The third-order valence-corrected chi connectivity index (χ3v) is 1.99.